The molecule has 18 heavy (non-hydrogen) atoms. The molecule has 1 aromatic carbocycles. The third-order valence-corrected chi connectivity index (χ3v) is 3.49. The molecule has 0 aliphatic carbocycles. The van der Waals surface area contributed by atoms with Gasteiger partial charge in [-0.05, 0) is 52.2 Å². The molecular weight excluding hydrogens is 220 g/mol. The average molecular weight is 246 g/mol. The van der Waals surface area contributed by atoms with E-state index in [-0.39, 0.29) is 5.54 Å². The molecule has 2 rings (SSSR count). The molecule has 1 fully saturated rings. The van der Waals surface area contributed by atoms with Crippen LogP contribution in [0.2, 0.25) is 0 Å². The van der Waals surface area contributed by atoms with Crippen molar-refractivity contribution in [3.8, 4) is 0 Å². The van der Waals surface area contributed by atoms with Crippen LogP contribution in [0, 0.1) is 6.92 Å². The lowest BCUT2D eigenvalue weighted by Gasteiger charge is -2.25. The minimum atomic E-state index is 0.173. The largest absolute Gasteiger partial charge is 0.371 e. The normalized spacial score (nSPS) is 16.3. The summed E-state index contributed by atoms with van der Waals surface area (Å²) >= 11 is 0. The fraction of sp³-hybridized carbons (Fsp3) is 0.625. The van der Waals surface area contributed by atoms with Crippen molar-refractivity contribution in [2.75, 3.05) is 18.0 Å². The lowest BCUT2D eigenvalue weighted by molar-refractivity contribution is 0.424. The minimum Gasteiger partial charge on any atom is -0.371 e. The van der Waals surface area contributed by atoms with Crippen molar-refractivity contribution < 1.29 is 0 Å². The van der Waals surface area contributed by atoms with E-state index in [1.54, 1.807) is 0 Å². The molecule has 0 amide bonds. The Balaban J connectivity index is 2.17. The van der Waals surface area contributed by atoms with E-state index in [0.717, 1.165) is 6.54 Å². The van der Waals surface area contributed by atoms with Crippen LogP contribution >= 0.6 is 0 Å². The van der Waals surface area contributed by atoms with Gasteiger partial charge in [-0.3, -0.25) is 0 Å². The number of rotatable bonds is 3. The summed E-state index contributed by atoms with van der Waals surface area (Å²) in [5.74, 6) is 0. The Labute approximate surface area is 111 Å². The van der Waals surface area contributed by atoms with E-state index >= 15 is 0 Å². The molecule has 1 saturated heterocycles. The lowest BCUT2D eigenvalue weighted by atomic mass is 10.1. The van der Waals surface area contributed by atoms with Crippen LogP contribution in [0.4, 0.5) is 5.69 Å². The number of nitrogens with one attached hydrogen (secondary N) is 1. The van der Waals surface area contributed by atoms with Gasteiger partial charge < -0.3 is 10.2 Å². The highest BCUT2D eigenvalue weighted by atomic mass is 15.1. The molecule has 1 aliphatic heterocycles. The lowest BCUT2D eigenvalue weighted by Crippen LogP contribution is -2.35. The highest BCUT2D eigenvalue weighted by molar-refractivity contribution is 5.55. The Morgan fingerprint density at radius 2 is 1.83 bits per heavy atom. The Morgan fingerprint density at radius 3 is 2.44 bits per heavy atom. The first-order chi connectivity index (χ1) is 8.46. The van der Waals surface area contributed by atoms with Crippen molar-refractivity contribution >= 4 is 5.69 Å². The molecule has 0 bridgehead atoms. The SMILES string of the molecule is Cc1ccc(N2CCCC2)c(CNC(C)(C)C)c1. The quantitative estimate of drug-likeness (QED) is 0.878. The average Bonchev–Trinajstić information content (AvgIpc) is 2.79. The Hall–Kier alpha value is -1.02. The van der Waals surface area contributed by atoms with Crippen LogP contribution in [0.1, 0.15) is 44.7 Å². The van der Waals surface area contributed by atoms with Crippen LogP contribution in [0.15, 0.2) is 18.2 Å². The van der Waals surface area contributed by atoms with Gasteiger partial charge in [0.1, 0.15) is 0 Å². The van der Waals surface area contributed by atoms with Crippen LogP contribution in [0.3, 0.4) is 0 Å². The highest BCUT2D eigenvalue weighted by Gasteiger charge is 2.17. The summed E-state index contributed by atoms with van der Waals surface area (Å²) in [6, 6.07) is 6.85. The van der Waals surface area contributed by atoms with E-state index in [4.69, 9.17) is 0 Å². The van der Waals surface area contributed by atoms with Gasteiger partial charge in [0.2, 0.25) is 0 Å². The maximum Gasteiger partial charge on any atom is 0.0412 e. The monoisotopic (exact) mass is 246 g/mol. The summed E-state index contributed by atoms with van der Waals surface area (Å²) in [5.41, 5.74) is 4.39. The smallest absolute Gasteiger partial charge is 0.0412 e. The second kappa shape index (κ2) is 5.31. The molecule has 0 spiro atoms. The standard InChI is InChI=1S/C16H26N2/c1-13-7-8-15(18-9-5-6-10-18)14(11-13)12-17-16(2,3)4/h7-8,11,17H,5-6,9-10,12H2,1-4H3. The van der Waals surface area contributed by atoms with Gasteiger partial charge in [0.15, 0.2) is 0 Å². The molecule has 1 aromatic rings. The second-order valence-corrected chi connectivity index (χ2v) is 6.43. The minimum absolute atomic E-state index is 0.173. The summed E-state index contributed by atoms with van der Waals surface area (Å²) in [7, 11) is 0. The number of aryl methyl sites for hydroxylation is 1. The van der Waals surface area contributed by atoms with Gasteiger partial charge in [-0.15, -0.1) is 0 Å². The van der Waals surface area contributed by atoms with E-state index in [9.17, 15) is 0 Å². The maximum atomic E-state index is 3.60. The number of hydrogen-bond acceptors (Lipinski definition) is 2. The van der Waals surface area contributed by atoms with Crippen LogP contribution in [0.25, 0.3) is 0 Å². The first-order valence-electron chi connectivity index (χ1n) is 7.05. The van der Waals surface area contributed by atoms with Crippen molar-refractivity contribution in [2.45, 2.75) is 52.6 Å². The van der Waals surface area contributed by atoms with Gasteiger partial charge in [-0.1, -0.05) is 17.7 Å². The fourth-order valence-electron chi connectivity index (χ4n) is 2.48. The van der Waals surface area contributed by atoms with Crippen molar-refractivity contribution in [1.82, 2.24) is 5.32 Å². The summed E-state index contributed by atoms with van der Waals surface area (Å²) in [6.07, 6.45) is 2.67. The van der Waals surface area contributed by atoms with Gasteiger partial charge in [-0.2, -0.15) is 0 Å². The van der Waals surface area contributed by atoms with Gasteiger partial charge in [0, 0.05) is 30.9 Å². The molecule has 1 N–H and O–H groups in total. The summed E-state index contributed by atoms with van der Waals surface area (Å²) < 4.78 is 0. The number of benzene rings is 1. The van der Waals surface area contributed by atoms with Crippen molar-refractivity contribution in [3.63, 3.8) is 0 Å². The fourth-order valence-corrected chi connectivity index (χ4v) is 2.48. The third-order valence-electron chi connectivity index (χ3n) is 3.49. The zero-order valence-corrected chi connectivity index (χ0v) is 12.2. The van der Waals surface area contributed by atoms with Gasteiger partial charge >= 0.3 is 0 Å². The summed E-state index contributed by atoms with van der Waals surface area (Å²) in [6.45, 7) is 12.2. The number of nitrogens with zero attached hydrogens (tertiary/aromatic N) is 1. The topological polar surface area (TPSA) is 15.3 Å². The third kappa shape index (κ3) is 3.49. The molecule has 1 aliphatic rings. The van der Waals surface area contributed by atoms with Crippen LogP contribution in [-0.4, -0.2) is 18.6 Å². The molecular formula is C16H26N2. The molecule has 0 saturated carbocycles. The predicted octanol–water partition coefficient (Wildman–Crippen LogP) is 3.48. The van der Waals surface area contributed by atoms with Crippen LogP contribution < -0.4 is 10.2 Å². The molecule has 0 atom stereocenters. The second-order valence-electron chi connectivity index (χ2n) is 6.43. The molecule has 0 unspecified atom stereocenters. The predicted molar refractivity (Wildman–Crippen MR) is 79.2 cm³/mol. The van der Waals surface area contributed by atoms with Gasteiger partial charge in [0.25, 0.3) is 0 Å². The van der Waals surface area contributed by atoms with Gasteiger partial charge in [-0.25, -0.2) is 0 Å². The molecule has 2 heteroatoms. The molecule has 100 valence electrons. The summed E-state index contributed by atoms with van der Waals surface area (Å²) in [5, 5.41) is 3.60. The maximum absolute atomic E-state index is 3.60. The Bertz CT molecular complexity index is 398. The molecule has 0 radical (unpaired) electrons. The van der Waals surface area contributed by atoms with Gasteiger partial charge in [0.05, 0.1) is 0 Å². The van der Waals surface area contributed by atoms with Crippen molar-refractivity contribution in [3.05, 3.63) is 29.3 Å². The highest BCUT2D eigenvalue weighted by Crippen LogP contribution is 2.26. The van der Waals surface area contributed by atoms with E-state index in [1.165, 1.54) is 42.7 Å². The summed E-state index contributed by atoms with van der Waals surface area (Å²) in [4.78, 5) is 2.53. The van der Waals surface area contributed by atoms with Crippen molar-refractivity contribution in [2.24, 2.45) is 0 Å². The number of anilines is 1. The molecule has 1 heterocycles. The van der Waals surface area contributed by atoms with Crippen LogP contribution in [0.5, 0.6) is 0 Å². The number of hydrogen-bond donors (Lipinski definition) is 1. The zero-order valence-electron chi connectivity index (χ0n) is 12.2. The Morgan fingerprint density at radius 1 is 1.17 bits per heavy atom. The zero-order chi connectivity index (χ0) is 13.2. The van der Waals surface area contributed by atoms with E-state index in [2.05, 4.69) is 56.1 Å². The van der Waals surface area contributed by atoms with E-state index < -0.39 is 0 Å². The van der Waals surface area contributed by atoms with Crippen LogP contribution in [-0.2, 0) is 6.54 Å². The molecule has 2 nitrogen and oxygen atoms in total. The first kappa shape index (κ1) is 13.4. The Kier molecular flexibility index (Phi) is 3.96. The first-order valence-corrected chi connectivity index (χ1v) is 7.05. The molecule has 0 aromatic heterocycles. The van der Waals surface area contributed by atoms with E-state index in [1.807, 2.05) is 0 Å². The van der Waals surface area contributed by atoms with Crippen molar-refractivity contribution in [1.29, 1.82) is 0 Å². The van der Waals surface area contributed by atoms with E-state index in [0.29, 0.717) is 0 Å².